The average molecular weight is 2110 g/mol. The molecular weight excluding hydrogens is 2000 g/mol. The molecule has 3 saturated carbocycles. The largest absolute Gasteiger partial charge is 1.00 e. The van der Waals surface area contributed by atoms with Gasteiger partial charge in [0.05, 0.1) is 151 Å². The van der Waals surface area contributed by atoms with Crippen LogP contribution in [-0.4, -0.2) is 198 Å². The summed E-state index contributed by atoms with van der Waals surface area (Å²) in [7, 11) is 2.67. The van der Waals surface area contributed by atoms with E-state index in [2.05, 4.69) is 41.2 Å². The van der Waals surface area contributed by atoms with Crippen molar-refractivity contribution in [2.24, 2.45) is 23.5 Å². The smallest absolute Gasteiger partial charge is 0.870 e. The molecule has 7 fully saturated rings. The van der Waals surface area contributed by atoms with Crippen LogP contribution >= 0.6 is 104 Å². The Morgan fingerprint density at radius 3 is 1.11 bits per heavy atom. The Hall–Kier alpha value is -5.24. The number of alkyl halides is 8. The van der Waals surface area contributed by atoms with Crippen LogP contribution in [0.3, 0.4) is 0 Å². The normalized spacial score (nSPS) is 17.6. The molecule has 0 radical (unpaired) electrons. The number of carboxylic acid groups (broad SMARTS) is 1. The van der Waals surface area contributed by atoms with E-state index in [0.717, 1.165) is 15.8 Å². The first-order valence-electron chi connectivity index (χ1n) is 41.7. The standard InChI is InChI=1S/C20H22ClF2NO3.C20H24ClF2NO2.C13H12ClNO4.C12H10ClNO4.C10H7ClINO2.C7H13F2N.C4H9.C3H4O2.C2H4Cl2.CH4.Li.Na.H2O/c21-15-2-1-9-24-17(19(26)11-27-12-19)10-14(18(15)24)16(25)4-3-13-5-7-20(22,23)8-6-13;1-13(12-25)17-11-15(19-16(21)3-2-10-24(17)19)18(26)5-4-14-6-8-20(22,23)9-7-14;1-18-12(16)8-5-10(13(17)6-19-7-13)15-4-2-3-9(14)11(8)15;13-8-2-1-3-14-9(12(17)5-18-6-12)4-7(10(8)14)11(15)16;1-15-10(14)6-5-8(12)13-4-2-3-7(11)9(6)13;8-7(9)3-1-6(5-10)2-4-7;1-3-4-2;4-3-1-5-2-3;3-1-2-4;;;;/h1-2,9-10,13,26H,3-8,11-12H2;2-3,10-11,13-14,25H,4-9,12H2,1H3;2-5,17H,6-7H2,1H3;1-4,17H,5-6H2,(H,15,16);2-5H,1H3;6H,1-5,10H2;1,3-4H2,2H3;1-2H2;1-2H2;1H4;;;1H2/q;;;;;;-1;;;;2*+1;/p-1. The minimum atomic E-state index is -2.55. The van der Waals surface area contributed by atoms with Crippen LogP contribution in [0.4, 0.5) is 26.3 Å². The second kappa shape index (κ2) is 53.2. The Morgan fingerprint density at radius 1 is 0.523 bits per heavy atom. The summed E-state index contributed by atoms with van der Waals surface area (Å²) in [6.45, 7) is 9.91. The number of hydrogen-bond donors (Lipinski definition) is 6. The number of carbonyl (C=O) groups is 6. The molecule has 17 rings (SSSR count). The van der Waals surface area contributed by atoms with Gasteiger partial charge < -0.3 is 94.1 Å². The van der Waals surface area contributed by atoms with Crippen molar-refractivity contribution in [2.45, 2.75) is 177 Å². The number of fused-ring (bicyclic) bond motifs is 5. The van der Waals surface area contributed by atoms with Gasteiger partial charge >= 0.3 is 66.3 Å². The molecular formula is C92H110Cl7F6ILiN6NaO18. The van der Waals surface area contributed by atoms with Crippen LogP contribution in [0, 0.1) is 28.4 Å². The van der Waals surface area contributed by atoms with Crippen LogP contribution in [0.1, 0.15) is 217 Å². The Labute approximate surface area is 845 Å². The van der Waals surface area contributed by atoms with E-state index in [1.165, 1.54) is 26.7 Å². The summed E-state index contributed by atoms with van der Waals surface area (Å²) < 4.78 is 117. The first kappa shape index (κ1) is 117. The summed E-state index contributed by atoms with van der Waals surface area (Å²) in [4.78, 5) is 70.0. The predicted octanol–water partition coefficient (Wildman–Crippen LogP) is 15.1. The van der Waals surface area contributed by atoms with Crippen molar-refractivity contribution < 1.29 is 163 Å². The first-order valence-corrected chi connectivity index (χ1v) is 45.7. The number of esters is 2. The van der Waals surface area contributed by atoms with Crippen molar-refractivity contribution in [2.75, 3.05) is 92.0 Å². The number of aliphatic hydroxyl groups excluding tert-OH is 1. The quantitative estimate of drug-likeness (QED) is 0.00833. The number of methoxy groups -OCH3 is 2. The number of rotatable bonds is 19. The maximum Gasteiger partial charge on any atom is 1.00 e. The number of ketones is 3. The van der Waals surface area contributed by atoms with Gasteiger partial charge in [-0.25, -0.2) is 40.7 Å². The zero-order valence-electron chi connectivity index (χ0n) is 73.5. The van der Waals surface area contributed by atoms with Crippen molar-refractivity contribution in [3.63, 3.8) is 0 Å². The van der Waals surface area contributed by atoms with Crippen molar-refractivity contribution >= 4 is 167 Å². The number of halogens is 14. The summed E-state index contributed by atoms with van der Waals surface area (Å²) in [5.41, 5.74) is 9.28. The molecule has 7 aliphatic rings. The summed E-state index contributed by atoms with van der Waals surface area (Å²) in [5, 5.41) is 52.3. The molecule has 1 atom stereocenters. The Balaban J connectivity index is 0.000000276. The van der Waals surface area contributed by atoms with Crippen LogP contribution in [-0.2, 0) is 50.0 Å². The van der Waals surface area contributed by atoms with E-state index in [9.17, 15) is 80.6 Å². The van der Waals surface area contributed by atoms with Crippen molar-refractivity contribution in [3.05, 3.63) is 208 Å². The molecule has 40 heteroatoms. The summed E-state index contributed by atoms with van der Waals surface area (Å²) in [6, 6.07) is 25.7. The van der Waals surface area contributed by atoms with Gasteiger partial charge in [-0.15, -0.1) is 23.2 Å². The number of hydrogen-bond acceptors (Lipinski definition) is 18. The molecule has 716 valence electrons. The van der Waals surface area contributed by atoms with E-state index in [4.69, 9.17) is 111 Å². The number of aromatic nitrogens is 5. The van der Waals surface area contributed by atoms with Gasteiger partial charge in [0.2, 0.25) is 17.8 Å². The molecule has 4 aliphatic heterocycles. The first-order chi connectivity index (χ1) is 60.7. The summed E-state index contributed by atoms with van der Waals surface area (Å²) >= 11 is 43.1. The maximum atomic E-state index is 13.3. The zero-order chi connectivity index (χ0) is 93.8. The molecule has 4 saturated heterocycles. The number of ether oxygens (including phenoxy) is 6. The second-order valence-corrected chi connectivity index (χ2v) is 36.2. The molecule has 8 N–H and O–H groups in total. The molecule has 132 heavy (non-hydrogen) atoms. The van der Waals surface area contributed by atoms with E-state index < -0.39 is 46.5 Å². The van der Waals surface area contributed by atoms with Crippen LogP contribution < -0.4 is 54.2 Å². The van der Waals surface area contributed by atoms with Crippen LogP contribution in [0.25, 0.3) is 27.6 Å². The van der Waals surface area contributed by atoms with Gasteiger partial charge in [-0.2, -0.15) is 6.42 Å². The summed E-state index contributed by atoms with van der Waals surface area (Å²) in [6.07, 6.45) is 15.8. The molecule has 10 aromatic rings. The third kappa shape index (κ3) is 29.9. The number of aliphatic hydroxyl groups is 4. The van der Waals surface area contributed by atoms with Gasteiger partial charge in [-0.1, -0.05) is 85.7 Å². The molecule has 0 aromatic carbocycles. The number of aromatic carboxylic acids is 1. The third-order valence-corrected chi connectivity index (χ3v) is 25.9. The molecule has 0 amide bonds. The number of unbranched alkanes of at least 4 members (excludes halogenated alkanes) is 1. The van der Waals surface area contributed by atoms with Gasteiger partial charge in [0.25, 0.3) is 0 Å². The minimum Gasteiger partial charge on any atom is -0.870 e. The Kier molecular flexibility index (Phi) is 47.3. The second-order valence-electron chi connectivity index (χ2n) is 32.3. The van der Waals surface area contributed by atoms with Crippen molar-refractivity contribution in [1.82, 2.24) is 22.0 Å². The predicted molar refractivity (Wildman–Crippen MR) is 497 cm³/mol. The van der Waals surface area contributed by atoms with E-state index in [-0.39, 0.29) is 199 Å². The number of pyridine rings is 5. The molecule has 0 bridgehead atoms. The SMILES string of the molecule is C.CC(CO)c1cc(C(=O)CCC2CCC(F)(F)CC2)c2c(Cl)cccn12.COC(=O)c1cc(C2(O)COC2)n2cccc(Cl)c12.COC(=O)c1cc(I)n2cccc(Cl)c12.ClCCCl.NCC1CCC(F)(F)CC1.O=C(CCC1CCC(F)(F)CC1)c1cc(C2(O)COC2)n2cccc(Cl)c12.O=C(O)c1cc(C2(O)COC2)n2cccc(Cl)c12.O=C1COC1.[CH2-]CCC.[Li+].[Na+].[OH-]. The number of nitrogens with two attached hydrogens (primary N) is 1. The van der Waals surface area contributed by atoms with Crippen LogP contribution in [0.2, 0.25) is 25.1 Å². The topological polar surface area (TPSA) is 337 Å². The average Bonchev–Trinajstić information content (AvgIpc) is 1.58. The molecule has 1 unspecified atom stereocenters. The van der Waals surface area contributed by atoms with Gasteiger partial charge in [0.1, 0.15) is 13.2 Å². The fourth-order valence-corrected chi connectivity index (χ4v) is 17.3. The zero-order valence-corrected chi connectivity index (χ0v) is 82.9. The van der Waals surface area contributed by atoms with E-state index in [1.807, 2.05) is 34.2 Å². The third-order valence-electron chi connectivity index (χ3n) is 22.9. The maximum absolute atomic E-state index is 13.3. The minimum absolute atomic E-state index is 0. The molecule has 0 spiro atoms. The number of carboxylic acids is 1. The van der Waals surface area contributed by atoms with E-state index in [0.29, 0.717) is 187 Å². The van der Waals surface area contributed by atoms with Gasteiger partial charge in [-0.05, 0) is 189 Å². The molecule has 10 aromatic heterocycles. The van der Waals surface area contributed by atoms with Crippen molar-refractivity contribution in [3.8, 4) is 0 Å². The molecule has 3 aliphatic carbocycles. The Morgan fingerprint density at radius 2 is 0.811 bits per heavy atom. The fourth-order valence-electron chi connectivity index (χ4n) is 15.3. The number of nitrogens with zero attached hydrogens (tertiary/aromatic N) is 5. The fraction of sp³-hybridized carbons (Fsp3) is 0.489. The van der Waals surface area contributed by atoms with E-state index >= 15 is 0 Å². The van der Waals surface area contributed by atoms with Gasteiger partial charge in [-0.3, -0.25) is 14.4 Å². The van der Waals surface area contributed by atoms with Crippen LogP contribution in [0.15, 0.2) is 122 Å². The Bertz CT molecular complexity index is 5460. The molecule has 14 heterocycles. The van der Waals surface area contributed by atoms with E-state index in [1.54, 1.807) is 111 Å². The van der Waals surface area contributed by atoms with Crippen molar-refractivity contribution in [1.29, 1.82) is 0 Å². The summed E-state index contributed by atoms with van der Waals surface area (Å²) in [5.74, 6) is -7.64. The monoisotopic (exact) mass is 2100 g/mol. The van der Waals surface area contributed by atoms with Crippen LogP contribution in [0.5, 0.6) is 0 Å². The van der Waals surface area contributed by atoms with Gasteiger partial charge in [0.15, 0.2) is 34.2 Å². The van der Waals surface area contributed by atoms with Gasteiger partial charge in [0, 0.05) is 117 Å². The number of carbonyl (C=O) groups excluding carboxylic acids is 5. The number of Topliss-reactive ketones (excluding diaryl/α,β-unsaturated/α-hetero) is 3. The molecule has 24 nitrogen and oxygen atoms in total.